The van der Waals surface area contributed by atoms with Gasteiger partial charge in [-0.25, -0.2) is 0 Å². The maximum absolute atomic E-state index is 2.45. The summed E-state index contributed by atoms with van der Waals surface area (Å²) in [6.45, 7) is 0. The van der Waals surface area contributed by atoms with E-state index in [1.807, 2.05) is 0 Å². The molecular weight excluding hydrogens is 204 g/mol. The first-order chi connectivity index (χ1) is 8.42. The van der Waals surface area contributed by atoms with E-state index in [9.17, 15) is 0 Å². The Hall–Kier alpha value is -1.56. The number of rotatable bonds is 2. The maximum atomic E-state index is 2.45. The first-order valence-electron chi connectivity index (χ1n) is 6.49. The van der Waals surface area contributed by atoms with Gasteiger partial charge in [-0.15, -0.1) is 0 Å². The number of fused-ring (bicyclic) bond motifs is 2. The second-order valence-corrected chi connectivity index (χ2v) is 5.04. The third-order valence-corrected chi connectivity index (χ3v) is 3.81. The Bertz CT molecular complexity index is 462. The summed E-state index contributed by atoms with van der Waals surface area (Å²) in [7, 11) is 0. The van der Waals surface area contributed by atoms with Gasteiger partial charge in [0.1, 0.15) is 0 Å². The summed E-state index contributed by atoms with van der Waals surface area (Å²) < 4.78 is 0. The minimum Gasteiger partial charge on any atom is -0.0811 e. The second-order valence-electron chi connectivity index (χ2n) is 5.04. The highest BCUT2D eigenvalue weighted by Crippen LogP contribution is 2.39. The lowest BCUT2D eigenvalue weighted by atomic mass is 9.99. The van der Waals surface area contributed by atoms with Gasteiger partial charge < -0.3 is 0 Å². The van der Waals surface area contributed by atoms with E-state index in [1.165, 1.54) is 18.4 Å². The van der Waals surface area contributed by atoms with Crippen molar-refractivity contribution in [1.29, 1.82) is 0 Å². The van der Waals surface area contributed by atoms with Crippen LogP contribution in [0.15, 0.2) is 66.3 Å². The lowest BCUT2D eigenvalue weighted by molar-refractivity contribution is 0.651. The predicted molar refractivity (Wildman–Crippen MR) is 72.7 cm³/mol. The van der Waals surface area contributed by atoms with Gasteiger partial charge in [0.05, 0.1) is 0 Å². The fraction of sp³-hybridized carbons (Fsp3) is 0.294. The molecule has 1 saturated carbocycles. The van der Waals surface area contributed by atoms with Gasteiger partial charge in [-0.1, -0.05) is 66.3 Å². The third-order valence-electron chi connectivity index (χ3n) is 3.81. The van der Waals surface area contributed by atoms with E-state index in [-0.39, 0.29) is 0 Å². The predicted octanol–water partition coefficient (Wildman–Crippen LogP) is 4.31. The van der Waals surface area contributed by atoms with Crippen LogP contribution >= 0.6 is 0 Å². The number of allylic oxidation sites excluding steroid dienone is 6. The molecule has 0 saturated heterocycles. The first-order valence-corrected chi connectivity index (χ1v) is 6.49. The van der Waals surface area contributed by atoms with Crippen LogP contribution in [0.2, 0.25) is 0 Å². The Morgan fingerprint density at radius 3 is 2.76 bits per heavy atom. The van der Waals surface area contributed by atoms with Crippen molar-refractivity contribution < 1.29 is 0 Å². The monoisotopic (exact) mass is 222 g/mol. The molecule has 0 heteroatoms. The zero-order valence-corrected chi connectivity index (χ0v) is 10.0. The minimum absolute atomic E-state index is 0.693. The molecule has 0 N–H and O–H groups in total. The summed E-state index contributed by atoms with van der Waals surface area (Å²) in [6, 6.07) is 10.7. The van der Waals surface area contributed by atoms with Crippen LogP contribution in [-0.2, 0) is 6.42 Å². The smallest absolute Gasteiger partial charge is 0.00141 e. The van der Waals surface area contributed by atoms with E-state index in [2.05, 4.69) is 60.7 Å². The summed E-state index contributed by atoms with van der Waals surface area (Å²) in [5, 5.41) is 0. The number of hydrogen-bond acceptors (Lipinski definition) is 0. The van der Waals surface area contributed by atoms with Crippen LogP contribution in [-0.4, -0.2) is 0 Å². The highest BCUT2D eigenvalue weighted by Gasteiger charge is 2.26. The molecule has 0 radical (unpaired) electrons. The highest BCUT2D eigenvalue weighted by atomic mass is 14.3. The van der Waals surface area contributed by atoms with Crippen LogP contribution in [0.25, 0.3) is 0 Å². The summed E-state index contributed by atoms with van der Waals surface area (Å²) in [5.41, 5.74) is 3.05. The Kier molecular flexibility index (Phi) is 2.96. The molecule has 2 bridgehead atoms. The molecule has 2 atom stereocenters. The SMILES string of the molecule is C1=C[C@H]2C/C(=C\Cc3ccccc3)[C@@H](C=C1)C2. The van der Waals surface area contributed by atoms with Gasteiger partial charge >= 0.3 is 0 Å². The zero-order chi connectivity index (χ0) is 11.5. The van der Waals surface area contributed by atoms with E-state index in [4.69, 9.17) is 0 Å². The van der Waals surface area contributed by atoms with Gasteiger partial charge in [-0.05, 0) is 36.7 Å². The Morgan fingerprint density at radius 1 is 1.06 bits per heavy atom. The van der Waals surface area contributed by atoms with Crippen LogP contribution in [0.3, 0.4) is 0 Å². The molecule has 0 amide bonds. The van der Waals surface area contributed by atoms with Crippen molar-refractivity contribution in [3.8, 4) is 0 Å². The van der Waals surface area contributed by atoms with Gasteiger partial charge in [-0.3, -0.25) is 0 Å². The molecule has 0 unspecified atom stereocenters. The summed E-state index contributed by atoms with van der Waals surface area (Å²) in [4.78, 5) is 0. The molecule has 0 aliphatic heterocycles. The van der Waals surface area contributed by atoms with Crippen molar-refractivity contribution in [3.63, 3.8) is 0 Å². The van der Waals surface area contributed by atoms with Crippen LogP contribution in [0, 0.1) is 11.8 Å². The molecule has 2 aliphatic rings. The molecule has 1 aromatic rings. The molecular formula is C17H18. The molecule has 17 heavy (non-hydrogen) atoms. The van der Waals surface area contributed by atoms with Crippen molar-refractivity contribution in [1.82, 2.24) is 0 Å². The van der Waals surface area contributed by atoms with Gasteiger partial charge in [-0.2, -0.15) is 0 Å². The Morgan fingerprint density at radius 2 is 1.88 bits per heavy atom. The molecule has 0 aromatic heterocycles. The van der Waals surface area contributed by atoms with Gasteiger partial charge in [0.15, 0.2) is 0 Å². The molecule has 1 aromatic carbocycles. The van der Waals surface area contributed by atoms with E-state index >= 15 is 0 Å². The van der Waals surface area contributed by atoms with E-state index in [1.54, 1.807) is 5.57 Å². The molecule has 1 fully saturated rings. The van der Waals surface area contributed by atoms with Crippen LogP contribution in [0.4, 0.5) is 0 Å². The van der Waals surface area contributed by atoms with Crippen LogP contribution < -0.4 is 0 Å². The molecule has 0 heterocycles. The topological polar surface area (TPSA) is 0 Å². The van der Waals surface area contributed by atoms with E-state index < -0.39 is 0 Å². The Balaban J connectivity index is 1.73. The quantitative estimate of drug-likeness (QED) is 0.654. The van der Waals surface area contributed by atoms with Crippen molar-refractivity contribution in [3.05, 3.63) is 71.8 Å². The largest absolute Gasteiger partial charge is 0.0811 e. The first kappa shape index (κ1) is 10.6. The van der Waals surface area contributed by atoms with Crippen molar-refractivity contribution in [2.45, 2.75) is 19.3 Å². The fourth-order valence-electron chi connectivity index (χ4n) is 2.88. The van der Waals surface area contributed by atoms with Crippen LogP contribution in [0.1, 0.15) is 18.4 Å². The lowest BCUT2D eigenvalue weighted by Gasteiger charge is -2.06. The molecule has 0 nitrogen and oxygen atoms in total. The Labute approximate surface area is 103 Å². The van der Waals surface area contributed by atoms with Crippen molar-refractivity contribution in [2.24, 2.45) is 11.8 Å². The summed E-state index contributed by atoms with van der Waals surface area (Å²) in [5.74, 6) is 1.47. The average molecular weight is 222 g/mol. The summed E-state index contributed by atoms with van der Waals surface area (Å²) >= 11 is 0. The van der Waals surface area contributed by atoms with Gasteiger partial charge in [0, 0.05) is 0 Å². The van der Waals surface area contributed by atoms with Gasteiger partial charge in [0.25, 0.3) is 0 Å². The van der Waals surface area contributed by atoms with Gasteiger partial charge in [0.2, 0.25) is 0 Å². The highest BCUT2D eigenvalue weighted by molar-refractivity contribution is 5.28. The normalized spacial score (nSPS) is 28.6. The number of benzene rings is 1. The van der Waals surface area contributed by atoms with Crippen LogP contribution in [0.5, 0.6) is 0 Å². The fourth-order valence-corrected chi connectivity index (χ4v) is 2.88. The molecule has 86 valence electrons. The zero-order valence-electron chi connectivity index (χ0n) is 10.0. The van der Waals surface area contributed by atoms with E-state index in [0.29, 0.717) is 5.92 Å². The lowest BCUT2D eigenvalue weighted by Crippen LogP contribution is -1.92. The van der Waals surface area contributed by atoms with E-state index in [0.717, 1.165) is 12.3 Å². The molecule has 0 spiro atoms. The summed E-state index contributed by atoms with van der Waals surface area (Å²) in [6.07, 6.45) is 15.2. The minimum atomic E-state index is 0.693. The maximum Gasteiger partial charge on any atom is -0.00141 e. The molecule has 2 aliphatic carbocycles. The molecule has 3 rings (SSSR count). The van der Waals surface area contributed by atoms with Crippen molar-refractivity contribution in [2.75, 3.05) is 0 Å². The van der Waals surface area contributed by atoms with Crippen molar-refractivity contribution >= 4 is 0 Å². The third kappa shape index (κ3) is 2.41. The number of hydrogen-bond donors (Lipinski definition) is 0. The second kappa shape index (κ2) is 4.75. The standard InChI is InChI=1S/C17H18/c1-2-6-14(7-3-1)10-11-17-13-15-8-4-5-9-16(17)12-15/h1-9,11,15-16H,10,12-13H2/b17-11+/t15-,16+/m1/s1. The average Bonchev–Trinajstić information content (AvgIpc) is 2.58.